The summed E-state index contributed by atoms with van der Waals surface area (Å²) in [6.45, 7) is 9.93. The molecule has 0 aliphatic carbocycles. The van der Waals surface area contributed by atoms with Crippen molar-refractivity contribution in [1.29, 1.82) is 0 Å². The molecule has 1 unspecified atom stereocenters. The number of amides is 1. The van der Waals surface area contributed by atoms with Crippen molar-refractivity contribution < 1.29 is 4.79 Å². The molecular weight excluding hydrogens is 338 g/mol. The minimum Gasteiger partial charge on any atom is -0.348 e. The molecule has 1 amide bonds. The zero-order chi connectivity index (χ0) is 19.6. The fraction of sp³-hybridized carbons (Fsp3) is 0.619. The van der Waals surface area contributed by atoms with Crippen molar-refractivity contribution >= 4 is 5.91 Å². The Bertz CT molecular complexity index is 768. The normalized spacial score (nSPS) is 18.3. The molecule has 1 fully saturated rings. The second-order valence-corrected chi connectivity index (χ2v) is 8.85. The average molecular weight is 372 g/mol. The highest BCUT2D eigenvalue weighted by Crippen LogP contribution is 2.27. The van der Waals surface area contributed by atoms with Gasteiger partial charge in [-0.1, -0.05) is 0 Å². The van der Waals surface area contributed by atoms with Gasteiger partial charge < -0.3 is 18.9 Å². The largest absolute Gasteiger partial charge is 0.348 e. The molecule has 0 aromatic carbocycles. The molecule has 0 radical (unpaired) electrons. The summed E-state index contributed by atoms with van der Waals surface area (Å²) in [6.07, 6.45) is 10.0. The van der Waals surface area contributed by atoms with Crippen LogP contribution in [-0.2, 0) is 12.1 Å². The van der Waals surface area contributed by atoms with Crippen LogP contribution in [0.3, 0.4) is 0 Å². The molecule has 2 aromatic rings. The molecule has 3 heterocycles. The van der Waals surface area contributed by atoms with Gasteiger partial charge in [-0.2, -0.15) is 0 Å². The Kier molecular flexibility index (Phi) is 5.75. The third kappa shape index (κ3) is 4.61. The van der Waals surface area contributed by atoms with Crippen molar-refractivity contribution in [3.63, 3.8) is 0 Å². The Morgan fingerprint density at radius 1 is 1.30 bits per heavy atom. The zero-order valence-electron chi connectivity index (χ0n) is 17.4. The van der Waals surface area contributed by atoms with Gasteiger partial charge in [-0.25, -0.2) is 4.98 Å². The van der Waals surface area contributed by atoms with Gasteiger partial charge in [0.1, 0.15) is 5.82 Å². The molecule has 0 saturated carbocycles. The number of likely N-dealkylation sites (tertiary alicyclic amines) is 1. The van der Waals surface area contributed by atoms with Gasteiger partial charge in [-0.3, -0.25) is 4.79 Å². The molecule has 0 spiro atoms. The van der Waals surface area contributed by atoms with Crippen molar-refractivity contribution in [3.8, 4) is 0 Å². The number of aromatic nitrogens is 3. The predicted octanol–water partition coefficient (Wildman–Crippen LogP) is 3.02. The summed E-state index contributed by atoms with van der Waals surface area (Å²) in [4.78, 5) is 21.8. The summed E-state index contributed by atoms with van der Waals surface area (Å²) in [6, 6.07) is 1.94. The van der Waals surface area contributed by atoms with Crippen LogP contribution in [0.4, 0.5) is 0 Å². The lowest BCUT2D eigenvalue weighted by molar-refractivity contribution is 0.0703. The fourth-order valence-electron chi connectivity index (χ4n) is 3.67. The summed E-state index contributed by atoms with van der Waals surface area (Å²) >= 11 is 0. The quantitative estimate of drug-likeness (QED) is 0.812. The molecule has 148 valence electrons. The van der Waals surface area contributed by atoms with Crippen LogP contribution < -0.4 is 0 Å². The highest BCUT2D eigenvalue weighted by molar-refractivity contribution is 5.94. The fourth-order valence-corrected chi connectivity index (χ4v) is 3.67. The second-order valence-electron chi connectivity index (χ2n) is 8.85. The van der Waals surface area contributed by atoms with E-state index in [-0.39, 0.29) is 11.4 Å². The molecule has 0 bridgehead atoms. The van der Waals surface area contributed by atoms with Gasteiger partial charge in [0.05, 0.1) is 5.56 Å². The Balaban J connectivity index is 1.70. The molecule has 2 aromatic heterocycles. The molecule has 1 aliphatic heterocycles. The number of imidazole rings is 1. The van der Waals surface area contributed by atoms with Crippen molar-refractivity contribution in [1.82, 2.24) is 23.9 Å². The van der Waals surface area contributed by atoms with E-state index in [1.54, 1.807) is 0 Å². The number of carbonyl (C=O) groups is 1. The van der Waals surface area contributed by atoms with E-state index in [9.17, 15) is 4.79 Å². The molecule has 6 heteroatoms. The van der Waals surface area contributed by atoms with Crippen molar-refractivity contribution in [2.45, 2.75) is 51.6 Å². The van der Waals surface area contributed by atoms with Gasteiger partial charge in [0.2, 0.25) is 0 Å². The summed E-state index contributed by atoms with van der Waals surface area (Å²) in [5.74, 6) is 1.56. The highest BCUT2D eigenvalue weighted by Gasteiger charge is 2.28. The molecule has 3 rings (SSSR count). The number of hydrogen-bond acceptors (Lipinski definition) is 3. The summed E-state index contributed by atoms with van der Waals surface area (Å²) in [5, 5.41) is 0. The lowest BCUT2D eigenvalue weighted by Crippen LogP contribution is -2.39. The van der Waals surface area contributed by atoms with E-state index in [0.29, 0.717) is 5.92 Å². The zero-order valence-corrected chi connectivity index (χ0v) is 17.4. The minimum atomic E-state index is -0.0137. The molecule has 6 nitrogen and oxygen atoms in total. The first-order valence-corrected chi connectivity index (χ1v) is 9.89. The van der Waals surface area contributed by atoms with E-state index in [1.807, 2.05) is 29.6 Å². The first kappa shape index (κ1) is 19.7. The van der Waals surface area contributed by atoms with Crippen molar-refractivity contribution in [3.05, 3.63) is 42.2 Å². The molecular formula is C21H33N5O. The Labute approximate surface area is 162 Å². The van der Waals surface area contributed by atoms with Crippen molar-refractivity contribution in [2.24, 2.45) is 0 Å². The third-order valence-electron chi connectivity index (χ3n) is 5.32. The van der Waals surface area contributed by atoms with Crippen LogP contribution in [0.25, 0.3) is 0 Å². The Hall–Kier alpha value is -2.08. The van der Waals surface area contributed by atoms with E-state index >= 15 is 0 Å². The average Bonchev–Trinajstić information content (AvgIpc) is 3.28. The first-order chi connectivity index (χ1) is 12.8. The summed E-state index contributed by atoms with van der Waals surface area (Å²) < 4.78 is 4.35. The van der Waals surface area contributed by atoms with Gasteiger partial charge in [-0.15, -0.1) is 0 Å². The monoisotopic (exact) mass is 371 g/mol. The van der Waals surface area contributed by atoms with Crippen LogP contribution in [0.2, 0.25) is 0 Å². The maximum absolute atomic E-state index is 13.0. The molecule has 27 heavy (non-hydrogen) atoms. The number of hydrogen-bond donors (Lipinski definition) is 0. The Morgan fingerprint density at radius 2 is 2.07 bits per heavy atom. The third-order valence-corrected chi connectivity index (χ3v) is 5.32. The van der Waals surface area contributed by atoms with Crippen LogP contribution in [0.5, 0.6) is 0 Å². The highest BCUT2D eigenvalue weighted by atomic mass is 16.2. The second kappa shape index (κ2) is 7.89. The Morgan fingerprint density at radius 3 is 2.74 bits per heavy atom. The topological polar surface area (TPSA) is 46.3 Å². The standard InChI is InChI=1S/C21H33N5O/c1-21(2,3)26-11-8-18(16-26)20(27)25-10-6-7-17(15-25)19-22-9-12-24(19)14-13-23(4)5/h8-9,11-12,16-17H,6-7,10,13-15H2,1-5H3. The lowest BCUT2D eigenvalue weighted by Gasteiger charge is -2.32. The first-order valence-electron chi connectivity index (χ1n) is 9.89. The van der Waals surface area contributed by atoms with Crippen LogP contribution in [0.1, 0.15) is 55.7 Å². The SMILES string of the molecule is CN(C)CCn1ccnc1C1CCCN(C(=O)c2ccn(C(C)(C)C)c2)C1. The number of rotatable bonds is 5. The van der Waals surface area contributed by atoms with Crippen LogP contribution in [0, 0.1) is 0 Å². The maximum atomic E-state index is 13.0. The van der Waals surface area contributed by atoms with Crippen molar-refractivity contribution in [2.75, 3.05) is 33.7 Å². The predicted molar refractivity (Wildman–Crippen MR) is 108 cm³/mol. The molecule has 1 saturated heterocycles. The maximum Gasteiger partial charge on any atom is 0.255 e. The van der Waals surface area contributed by atoms with Gasteiger partial charge in [0.25, 0.3) is 5.91 Å². The summed E-state index contributed by atoms with van der Waals surface area (Å²) in [7, 11) is 4.17. The molecule has 0 N–H and O–H groups in total. The number of carbonyl (C=O) groups excluding carboxylic acids is 1. The van der Waals surface area contributed by atoms with E-state index in [4.69, 9.17) is 0 Å². The molecule has 1 aliphatic rings. The van der Waals surface area contributed by atoms with Gasteiger partial charge in [0, 0.05) is 62.4 Å². The smallest absolute Gasteiger partial charge is 0.255 e. The number of piperidine rings is 1. The molecule has 1 atom stereocenters. The van der Waals surface area contributed by atoms with E-state index < -0.39 is 0 Å². The van der Waals surface area contributed by atoms with Crippen LogP contribution in [-0.4, -0.2) is 63.6 Å². The van der Waals surface area contributed by atoms with Gasteiger partial charge in [-0.05, 0) is 53.8 Å². The lowest BCUT2D eigenvalue weighted by atomic mass is 9.96. The van der Waals surface area contributed by atoms with Gasteiger partial charge in [0.15, 0.2) is 0 Å². The number of likely N-dealkylation sites (N-methyl/N-ethyl adjacent to an activating group) is 1. The van der Waals surface area contributed by atoms with E-state index in [0.717, 1.165) is 50.4 Å². The van der Waals surface area contributed by atoms with E-state index in [2.05, 4.69) is 60.1 Å². The summed E-state index contributed by atoms with van der Waals surface area (Å²) in [5.41, 5.74) is 0.765. The van der Waals surface area contributed by atoms with E-state index in [1.165, 1.54) is 0 Å². The van der Waals surface area contributed by atoms with Crippen LogP contribution in [0.15, 0.2) is 30.9 Å². The minimum absolute atomic E-state index is 0.0137. The van der Waals surface area contributed by atoms with Gasteiger partial charge >= 0.3 is 0 Å². The number of nitrogens with zero attached hydrogens (tertiary/aromatic N) is 5. The van der Waals surface area contributed by atoms with Crippen LogP contribution >= 0.6 is 0 Å².